The Bertz CT molecular complexity index is 1280. The zero-order valence-corrected chi connectivity index (χ0v) is 16.9. The number of methoxy groups -OCH3 is 1. The van der Waals surface area contributed by atoms with E-state index in [1.807, 2.05) is 59.4 Å². The van der Waals surface area contributed by atoms with Gasteiger partial charge in [0.1, 0.15) is 23.8 Å². The molecule has 0 fully saturated rings. The van der Waals surface area contributed by atoms with Crippen molar-refractivity contribution in [3.8, 4) is 28.4 Å². The Labute approximate surface area is 179 Å². The predicted octanol–water partition coefficient (Wildman–Crippen LogP) is 4.60. The summed E-state index contributed by atoms with van der Waals surface area (Å²) in [5.41, 5.74) is 4.50. The van der Waals surface area contributed by atoms with Crippen LogP contribution >= 0.6 is 0 Å². The number of hydrogen-bond donors (Lipinski definition) is 0. The molecule has 0 amide bonds. The van der Waals surface area contributed by atoms with Gasteiger partial charge in [0, 0.05) is 35.3 Å². The largest absolute Gasteiger partial charge is 0.497 e. The minimum atomic E-state index is -0.0757. The van der Waals surface area contributed by atoms with E-state index < -0.39 is 0 Å². The maximum Gasteiger partial charge on any atom is 0.196 e. The average molecular weight is 409 g/mol. The quantitative estimate of drug-likeness (QED) is 0.461. The van der Waals surface area contributed by atoms with Gasteiger partial charge in [-0.1, -0.05) is 18.2 Å². The summed E-state index contributed by atoms with van der Waals surface area (Å²) >= 11 is 0. The van der Waals surface area contributed by atoms with E-state index in [-0.39, 0.29) is 12.4 Å². The molecule has 2 aromatic heterocycles. The fourth-order valence-corrected chi connectivity index (χ4v) is 3.57. The van der Waals surface area contributed by atoms with Crippen LogP contribution in [0.1, 0.15) is 15.9 Å². The molecule has 0 saturated heterocycles. The lowest BCUT2D eigenvalue weighted by Gasteiger charge is -2.19. The number of Topliss-reactive ketones (excluding diaryl/α,β-unsaturated/α-hetero) is 1. The number of hydrogen-bond acceptors (Lipinski definition) is 5. The van der Waals surface area contributed by atoms with Crippen molar-refractivity contribution in [2.45, 2.75) is 0 Å². The molecule has 5 rings (SSSR count). The predicted molar refractivity (Wildman–Crippen MR) is 118 cm³/mol. The average Bonchev–Trinajstić information content (AvgIpc) is 3.26. The third kappa shape index (κ3) is 3.59. The number of carbonyl (C=O) groups is 1. The highest BCUT2D eigenvalue weighted by atomic mass is 16.5. The van der Waals surface area contributed by atoms with Gasteiger partial charge in [-0.25, -0.2) is 4.68 Å². The number of carbonyl (C=O) groups excluding carboxylic acids is 1. The summed E-state index contributed by atoms with van der Waals surface area (Å²) < 4.78 is 12.9. The fourth-order valence-electron chi connectivity index (χ4n) is 3.57. The van der Waals surface area contributed by atoms with E-state index in [9.17, 15) is 4.79 Å². The number of ether oxygens (including phenoxy) is 2. The van der Waals surface area contributed by atoms with Crippen LogP contribution in [-0.4, -0.2) is 34.3 Å². The van der Waals surface area contributed by atoms with Crippen LogP contribution in [0.15, 0.2) is 84.8 Å². The molecule has 1 aliphatic rings. The maximum absolute atomic E-state index is 13.2. The first-order valence-corrected chi connectivity index (χ1v) is 9.84. The van der Waals surface area contributed by atoms with Gasteiger partial charge >= 0.3 is 0 Å². The molecule has 2 aromatic carbocycles. The van der Waals surface area contributed by atoms with E-state index in [0.717, 1.165) is 22.5 Å². The van der Waals surface area contributed by atoms with E-state index in [4.69, 9.17) is 14.6 Å². The second-order valence-electron chi connectivity index (χ2n) is 7.10. The van der Waals surface area contributed by atoms with Gasteiger partial charge in [0.15, 0.2) is 5.78 Å². The number of nitrogens with zero attached hydrogens (tertiary/aromatic N) is 3. The van der Waals surface area contributed by atoms with Crippen LogP contribution in [0.4, 0.5) is 0 Å². The zero-order chi connectivity index (χ0) is 21.2. The van der Waals surface area contributed by atoms with Crippen LogP contribution in [0.2, 0.25) is 0 Å². The van der Waals surface area contributed by atoms with Crippen molar-refractivity contribution in [1.82, 2.24) is 14.8 Å². The van der Waals surface area contributed by atoms with Gasteiger partial charge in [-0.05, 0) is 48.5 Å². The van der Waals surface area contributed by atoms with Gasteiger partial charge in [-0.15, -0.1) is 0 Å². The molecule has 0 aliphatic carbocycles. The third-order valence-electron chi connectivity index (χ3n) is 5.15. The van der Waals surface area contributed by atoms with Crippen LogP contribution in [0.3, 0.4) is 0 Å². The summed E-state index contributed by atoms with van der Waals surface area (Å²) in [6.07, 6.45) is 7.23. The monoisotopic (exact) mass is 409 g/mol. The number of para-hydroxylation sites is 1. The van der Waals surface area contributed by atoms with Crippen LogP contribution in [0.25, 0.3) is 23.0 Å². The maximum atomic E-state index is 13.2. The van der Waals surface area contributed by atoms with E-state index in [1.54, 1.807) is 37.7 Å². The second kappa shape index (κ2) is 7.91. The lowest BCUT2D eigenvalue weighted by Crippen LogP contribution is -2.19. The van der Waals surface area contributed by atoms with E-state index in [2.05, 4.69) is 4.98 Å². The van der Waals surface area contributed by atoms with Crippen molar-refractivity contribution in [2.24, 2.45) is 0 Å². The summed E-state index contributed by atoms with van der Waals surface area (Å²) in [5.74, 6) is 1.11. The number of aromatic nitrogens is 3. The molecule has 6 heteroatoms. The summed E-state index contributed by atoms with van der Waals surface area (Å²) in [7, 11) is 1.58. The minimum absolute atomic E-state index is 0.0757. The van der Waals surface area contributed by atoms with Crippen molar-refractivity contribution in [3.63, 3.8) is 0 Å². The number of benzene rings is 2. The topological polar surface area (TPSA) is 66.2 Å². The highest BCUT2D eigenvalue weighted by Gasteiger charge is 2.25. The minimum Gasteiger partial charge on any atom is -0.497 e. The van der Waals surface area contributed by atoms with Crippen molar-refractivity contribution in [3.05, 3.63) is 96.0 Å². The molecule has 4 aromatic rings. The molecule has 0 radical (unpaired) electrons. The number of pyridine rings is 1. The normalized spacial score (nSPS) is 14.2. The molecule has 6 nitrogen and oxygen atoms in total. The molecule has 3 heterocycles. The van der Waals surface area contributed by atoms with Crippen molar-refractivity contribution >= 4 is 11.9 Å². The lowest BCUT2D eigenvalue weighted by molar-refractivity contribution is 0.100. The molecular formula is C25H19N3O3. The van der Waals surface area contributed by atoms with Crippen LogP contribution in [0, 0.1) is 0 Å². The Morgan fingerprint density at radius 2 is 1.87 bits per heavy atom. The molecule has 1 aliphatic heterocycles. The molecular weight excluding hydrogens is 390 g/mol. The van der Waals surface area contributed by atoms with Gasteiger partial charge in [-0.3, -0.25) is 9.78 Å². The summed E-state index contributed by atoms with van der Waals surface area (Å²) in [5, 5.41) is 4.79. The summed E-state index contributed by atoms with van der Waals surface area (Å²) in [4.78, 5) is 17.3. The van der Waals surface area contributed by atoms with Gasteiger partial charge in [0.05, 0.1) is 18.4 Å². The standard InChI is InChI=1S/C25H19N3O3/c1-30-21-7-8-23-22(14-21)25(29)19(16-31-23)13-18-15-28(20-5-3-2-4-6-20)27-24(18)17-9-11-26-12-10-17/h2-15H,16H2,1H3/b19-13+. The van der Waals surface area contributed by atoms with Gasteiger partial charge in [0.25, 0.3) is 0 Å². The Morgan fingerprint density at radius 3 is 2.65 bits per heavy atom. The highest BCUT2D eigenvalue weighted by molar-refractivity contribution is 6.14. The van der Waals surface area contributed by atoms with Crippen LogP contribution in [-0.2, 0) is 0 Å². The summed E-state index contributed by atoms with van der Waals surface area (Å²) in [6, 6.07) is 18.9. The van der Waals surface area contributed by atoms with Gasteiger partial charge in [0.2, 0.25) is 0 Å². The Balaban J connectivity index is 1.60. The molecule has 152 valence electrons. The smallest absolute Gasteiger partial charge is 0.196 e. The number of ketones is 1. The van der Waals surface area contributed by atoms with Crippen LogP contribution < -0.4 is 9.47 Å². The first-order valence-electron chi connectivity index (χ1n) is 9.84. The van der Waals surface area contributed by atoms with Gasteiger partial charge < -0.3 is 9.47 Å². The molecule has 0 spiro atoms. The second-order valence-corrected chi connectivity index (χ2v) is 7.10. The third-order valence-corrected chi connectivity index (χ3v) is 5.15. The Hall–Kier alpha value is -4.19. The molecule has 0 N–H and O–H groups in total. The van der Waals surface area contributed by atoms with Gasteiger partial charge in [-0.2, -0.15) is 5.10 Å². The molecule has 0 unspecified atom stereocenters. The Kier molecular flexibility index (Phi) is 4.80. The first kappa shape index (κ1) is 18.8. The molecule has 0 saturated carbocycles. The molecule has 0 atom stereocenters. The fraction of sp³-hybridized carbons (Fsp3) is 0.0800. The number of fused-ring (bicyclic) bond motifs is 1. The molecule has 31 heavy (non-hydrogen) atoms. The van der Waals surface area contributed by atoms with E-state index in [1.165, 1.54) is 0 Å². The lowest BCUT2D eigenvalue weighted by atomic mass is 9.97. The Morgan fingerprint density at radius 1 is 1.06 bits per heavy atom. The van der Waals surface area contributed by atoms with Crippen molar-refractivity contribution in [2.75, 3.05) is 13.7 Å². The van der Waals surface area contributed by atoms with E-state index >= 15 is 0 Å². The van der Waals surface area contributed by atoms with Crippen molar-refractivity contribution in [1.29, 1.82) is 0 Å². The zero-order valence-electron chi connectivity index (χ0n) is 16.9. The molecule has 0 bridgehead atoms. The number of rotatable bonds is 4. The first-order chi connectivity index (χ1) is 15.2. The SMILES string of the molecule is COc1ccc2c(c1)C(=O)/C(=C/c1cn(-c3ccccc3)nc1-c1ccncc1)CO2. The highest BCUT2D eigenvalue weighted by Crippen LogP contribution is 2.32. The van der Waals surface area contributed by atoms with Crippen LogP contribution in [0.5, 0.6) is 11.5 Å². The van der Waals surface area contributed by atoms with Crippen molar-refractivity contribution < 1.29 is 14.3 Å². The summed E-state index contributed by atoms with van der Waals surface area (Å²) in [6.45, 7) is 0.199. The van der Waals surface area contributed by atoms with E-state index in [0.29, 0.717) is 22.6 Å².